The molecule has 0 fully saturated rings. The van der Waals surface area contributed by atoms with Crippen LogP contribution in [0.4, 0.5) is 13.2 Å². The summed E-state index contributed by atoms with van der Waals surface area (Å²) < 4.78 is 52.3. The van der Waals surface area contributed by atoms with Crippen molar-refractivity contribution >= 4 is 10.9 Å². The van der Waals surface area contributed by atoms with Gasteiger partial charge in [-0.25, -0.2) is 4.98 Å². The van der Waals surface area contributed by atoms with Crippen molar-refractivity contribution in [2.75, 3.05) is 6.61 Å². The Labute approximate surface area is 184 Å². The monoisotopic (exact) mass is 442 g/mol. The topological polar surface area (TPSA) is 40.2 Å². The molecule has 0 radical (unpaired) electrons. The molecule has 0 atom stereocenters. The van der Waals surface area contributed by atoms with E-state index in [0.29, 0.717) is 42.7 Å². The second-order valence-corrected chi connectivity index (χ2v) is 7.95. The molecule has 0 aliphatic heterocycles. The summed E-state index contributed by atoms with van der Waals surface area (Å²) >= 11 is 0. The summed E-state index contributed by atoms with van der Waals surface area (Å²) in [7, 11) is 0. The first-order chi connectivity index (χ1) is 15.3. The van der Waals surface area contributed by atoms with Gasteiger partial charge in [0.2, 0.25) is 5.89 Å². The van der Waals surface area contributed by atoms with Crippen molar-refractivity contribution in [3.63, 3.8) is 0 Å². The lowest BCUT2D eigenvalue weighted by atomic mass is 10.1. The van der Waals surface area contributed by atoms with E-state index in [2.05, 4.69) is 41.7 Å². The second kappa shape index (κ2) is 8.73. The molecule has 0 amide bonds. The fraction of sp³-hybridized carbons (Fsp3) is 0.320. The molecule has 0 aliphatic rings. The first-order valence-corrected chi connectivity index (χ1v) is 10.7. The average Bonchev–Trinajstić information content (AvgIpc) is 3.37. The molecule has 2 aromatic heterocycles. The molecule has 2 heterocycles. The summed E-state index contributed by atoms with van der Waals surface area (Å²) in [5.74, 6) is 1.82. The number of fused-ring (bicyclic) bond motifs is 1. The Morgan fingerprint density at radius 2 is 1.81 bits per heavy atom. The SMILES string of the molecule is CCc1oc(-c2ccc(C(F)(F)F)cc2)nc1CCOc1ccc2c(ccn2C(C)C)c1. The molecule has 4 nitrogen and oxygen atoms in total. The van der Waals surface area contributed by atoms with Crippen molar-refractivity contribution < 1.29 is 22.3 Å². The molecule has 168 valence electrons. The Morgan fingerprint density at radius 1 is 1.06 bits per heavy atom. The van der Waals surface area contributed by atoms with Crippen LogP contribution < -0.4 is 4.74 Å². The number of hydrogen-bond donors (Lipinski definition) is 0. The van der Waals surface area contributed by atoms with Crippen LogP contribution in [0.15, 0.2) is 59.1 Å². The van der Waals surface area contributed by atoms with Crippen molar-refractivity contribution in [2.45, 2.75) is 45.8 Å². The average molecular weight is 442 g/mol. The molecule has 2 aromatic carbocycles. The number of ether oxygens (including phenoxy) is 1. The van der Waals surface area contributed by atoms with Gasteiger partial charge in [-0.3, -0.25) is 0 Å². The van der Waals surface area contributed by atoms with Gasteiger partial charge in [0, 0.05) is 41.5 Å². The van der Waals surface area contributed by atoms with Crippen molar-refractivity contribution in [1.82, 2.24) is 9.55 Å². The van der Waals surface area contributed by atoms with E-state index in [-0.39, 0.29) is 0 Å². The highest BCUT2D eigenvalue weighted by atomic mass is 19.4. The highest BCUT2D eigenvalue weighted by molar-refractivity contribution is 5.81. The van der Waals surface area contributed by atoms with E-state index in [1.165, 1.54) is 17.6 Å². The van der Waals surface area contributed by atoms with Gasteiger partial charge in [0.05, 0.1) is 17.9 Å². The van der Waals surface area contributed by atoms with Crippen LogP contribution in [0.5, 0.6) is 5.75 Å². The van der Waals surface area contributed by atoms with E-state index < -0.39 is 11.7 Å². The highest BCUT2D eigenvalue weighted by Crippen LogP contribution is 2.31. The number of benzene rings is 2. The third kappa shape index (κ3) is 4.52. The Morgan fingerprint density at radius 3 is 2.47 bits per heavy atom. The molecule has 0 unspecified atom stereocenters. The minimum atomic E-state index is -4.37. The zero-order valence-corrected chi connectivity index (χ0v) is 18.2. The quantitative estimate of drug-likeness (QED) is 0.307. The molecule has 0 saturated carbocycles. The third-order valence-corrected chi connectivity index (χ3v) is 5.41. The minimum absolute atomic E-state index is 0.321. The maximum absolute atomic E-state index is 12.8. The van der Waals surface area contributed by atoms with Gasteiger partial charge in [-0.1, -0.05) is 6.92 Å². The van der Waals surface area contributed by atoms with E-state index in [4.69, 9.17) is 9.15 Å². The lowest BCUT2D eigenvalue weighted by Crippen LogP contribution is -2.04. The maximum atomic E-state index is 12.8. The van der Waals surface area contributed by atoms with Crippen LogP contribution in [0.25, 0.3) is 22.4 Å². The number of halogens is 3. The molecular weight excluding hydrogens is 417 g/mol. The predicted molar refractivity (Wildman–Crippen MR) is 118 cm³/mol. The predicted octanol–water partition coefficient (Wildman–Crippen LogP) is 7.08. The van der Waals surface area contributed by atoms with Crippen LogP contribution in [0.2, 0.25) is 0 Å². The second-order valence-electron chi connectivity index (χ2n) is 7.95. The van der Waals surface area contributed by atoms with Crippen LogP contribution in [-0.4, -0.2) is 16.2 Å². The van der Waals surface area contributed by atoms with Gasteiger partial charge in [-0.05, 0) is 62.4 Å². The van der Waals surface area contributed by atoms with Crippen LogP contribution in [0, 0.1) is 0 Å². The van der Waals surface area contributed by atoms with Gasteiger partial charge in [0.15, 0.2) is 0 Å². The Kier molecular flexibility index (Phi) is 6.00. The first-order valence-electron chi connectivity index (χ1n) is 10.7. The van der Waals surface area contributed by atoms with Crippen molar-refractivity contribution in [3.8, 4) is 17.2 Å². The molecule has 0 N–H and O–H groups in total. The largest absolute Gasteiger partial charge is 0.493 e. The van der Waals surface area contributed by atoms with E-state index >= 15 is 0 Å². The molecule has 7 heteroatoms. The minimum Gasteiger partial charge on any atom is -0.493 e. The van der Waals surface area contributed by atoms with Crippen LogP contribution in [0.1, 0.15) is 43.8 Å². The van der Waals surface area contributed by atoms with Gasteiger partial charge in [0.25, 0.3) is 0 Å². The van der Waals surface area contributed by atoms with Crippen molar-refractivity contribution in [1.29, 1.82) is 0 Å². The lowest BCUT2D eigenvalue weighted by Gasteiger charge is -2.10. The third-order valence-electron chi connectivity index (χ3n) is 5.41. The Bertz CT molecular complexity index is 1200. The standard InChI is InChI=1S/C25H25F3N2O2/c1-4-23-21(29-24(32-23)17-5-7-19(8-6-17)25(26,27)28)12-14-31-20-9-10-22-18(15-20)11-13-30(22)16(2)3/h5-11,13,15-16H,4,12,14H2,1-3H3. The molecule has 4 aromatic rings. The fourth-order valence-electron chi connectivity index (χ4n) is 3.73. The van der Waals surface area contributed by atoms with Gasteiger partial charge in [-0.15, -0.1) is 0 Å². The van der Waals surface area contributed by atoms with Gasteiger partial charge in [-0.2, -0.15) is 13.2 Å². The molecular formula is C25H25F3N2O2. The normalized spacial score (nSPS) is 12.1. The Balaban J connectivity index is 1.44. The van der Waals surface area contributed by atoms with Crippen LogP contribution in [-0.2, 0) is 19.0 Å². The van der Waals surface area contributed by atoms with Gasteiger partial charge < -0.3 is 13.7 Å². The number of aromatic nitrogens is 2. The summed E-state index contributed by atoms with van der Waals surface area (Å²) in [5, 5.41) is 1.12. The summed E-state index contributed by atoms with van der Waals surface area (Å²) in [6, 6.07) is 13.3. The number of alkyl halides is 3. The smallest absolute Gasteiger partial charge is 0.416 e. The van der Waals surface area contributed by atoms with Crippen molar-refractivity contribution in [3.05, 3.63) is 71.7 Å². The molecule has 0 bridgehead atoms. The lowest BCUT2D eigenvalue weighted by molar-refractivity contribution is -0.137. The Hall–Kier alpha value is -3.22. The molecule has 4 rings (SSSR count). The van der Waals surface area contributed by atoms with E-state index in [1.54, 1.807) is 0 Å². The summed E-state index contributed by atoms with van der Waals surface area (Å²) in [6.07, 6.45) is -1.12. The molecule has 32 heavy (non-hydrogen) atoms. The maximum Gasteiger partial charge on any atom is 0.416 e. The summed E-state index contributed by atoms with van der Waals surface area (Å²) in [4.78, 5) is 4.52. The number of nitrogens with zero attached hydrogens (tertiary/aromatic N) is 2. The number of hydrogen-bond acceptors (Lipinski definition) is 3. The first kappa shape index (κ1) is 22.0. The number of rotatable bonds is 7. The van der Waals surface area contributed by atoms with E-state index in [9.17, 15) is 13.2 Å². The number of oxazole rings is 1. The fourth-order valence-corrected chi connectivity index (χ4v) is 3.73. The van der Waals surface area contributed by atoms with Crippen LogP contribution in [0.3, 0.4) is 0 Å². The molecule has 0 aliphatic carbocycles. The van der Waals surface area contributed by atoms with Gasteiger partial charge in [0.1, 0.15) is 11.5 Å². The molecule has 0 spiro atoms. The van der Waals surface area contributed by atoms with Crippen LogP contribution >= 0.6 is 0 Å². The van der Waals surface area contributed by atoms with Gasteiger partial charge >= 0.3 is 6.18 Å². The summed E-state index contributed by atoms with van der Waals surface area (Å²) in [5.41, 5.74) is 1.74. The zero-order chi connectivity index (χ0) is 22.9. The highest BCUT2D eigenvalue weighted by Gasteiger charge is 2.30. The van der Waals surface area contributed by atoms with E-state index in [0.717, 1.165) is 29.0 Å². The number of aryl methyl sites for hydroxylation is 1. The zero-order valence-electron chi connectivity index (χ0n) is 18.2. The summed E-state index contributed by atoms with van der Waals surface area (Å²) in [6.45, 7) is 6.66. The van der Waals surface area contributed by atoms with Crippen molar-refractivity contribution in [2.24, 2.45) is 0 Å². The molecule has 0 saturated heterocycles. The van der Waals surface area contributed by atoms with E-state index in [1.807, 2.05) is 19.1 Å².